The molecule has 14 heavy (non-hydrogen) atoms. The summed E-state index contributed by atoms with van der Waals surface area (Å²) in [7, 11) is 0. The van der Waals surface area contributed by atoms with Crippen LogP contribution in [0, 0.1) is 12.3 Å². The monoisotopic (exact) mass is 197 g/mol. The Morgan fingerprint density at radius 2 is 2.36 bits per heavy atom. The van der Waals surface area contributed by atoms with Crippen LogP contribution in [0.4, 0.5) is 0 Å². The standard InChI is InChI=1S/C11H19NO2/c1-4-7-10(3)12-11(13)8-6-9-14-5-2/h1,10H,5-9H2,2-3H3,(H,12,13). The molecule has 0 aliphatic rings. The molecule has 1 amide bonds. The van der Waals surface area contributed by atoms with E-state index in [1.165, 1.54) is 0 Å². The average molecular weight is 197 g/mol. The normalized spacial score (nSPS) is 11.8. The molecule has 0 aliphatic heterocycles. The highest BCUT2D eigenvalue weighted by molar-refractivity contribution is 5.76. The van der Waals surface area contributed by atoms with Crippen molar-refractivity contribution in [1.29, 1.82) is 0 Å². The minimum Gasteiger partial charge on any atom is -0.382 e. The molecule has 0 spiro atoms. The summed E-state index contributed by atoms with van der Waals surface area (Å²) in [6.07, 6.45) is 6.98. The Bertz CT molecular complexity index is 196. The van der Waals surface area contributed by atoms with E-state index in [2.05, 4.69) is 11.2 Å². The molecule has 0 saturated carbocycles. The number of carbonyl (C=O) groups excluding carboxylic acids is 1. The maximum Gasteiger partial charge on any atom is 0.220 e. The van der Waals surface area contributed by atoms with Gasteiger partial charge in [-0.05, 0) is 20.3 Å². The molecule has 1 unspecified atom stereocenters. The lowest BCUT2D eigenvalue weighted by Crippen LogP contribution is -2.32. The van der Waals surface area contributed by atoms with E-state index < -0.39 is 0 Å². The number of nitrogens with one attached hydrogen (secondary N) is 1. The molecular formula is C11H19NO2. The third kappa shape index (κ3) is 7.63. The summed E-state index contributed by atoms with van der Waals surface area (Å²) in [4.78, 5) is 11.3. The number of rotatable bonds is 7. The van der Waals surface area contributed by atoms with E-state index in [0.29, 0.717) is 26.1 Å². The molecule has 1 atom stereocenters. The van der Waals surface area contributed by atoms with Crippen LogP contribution in [-0.2, 0) is 9.53 Å². The highest BCUT2D eigenvalue weighted by Crippen LogP contribution is 1.93. The fraction of sp³-hybridized carbons (Fsp3) is 0.727. The van der Waals surface area contributed by atoms with Crippen LogP contribution in [0.25, 0.3) is 0 Å². The van der Waals surface area contributed by atoms with Gasteiger partial charge in [0.1, 0.15) is 0 Å². The summed E-state index contributed by atoms with van der Waals surface area (Å²) < 4.78 is 5.12. The molecular weight excluding hydrogens is 178 g/mol. The molecule has 1 N–H and O–H groups in total. The molecule has 0 aromatic carbocycles. The lowest BCUT2D eigenvalue weighted by atomic mass is 10.2. The third-order valence-electron chi connectivity index (χ3n) is 1.73. The van der Waals surface area contributed by atoms with Gasteiger partial charge in [-0.2, -0.15) is 0 Å². The Labute approximate surface area is 86.2 Å². The Morgan fingerprint density at radius 1 is 1.64 bits per heavy atom. The van der Waals surface area contributed by atoms with Crippen LogP contribution in [0.3, 0.4) is 0 Å². The van der Waals surface area contributed by atoms with Gasteiger partial charge in [0.2, 0.25) is 5.91 Å². The zero-order chi connectivity index (χ0) is 10.8. The van der Waals surface area contributed by atoms with Crippen molar-refractivity contribution in [3.63, 3.8) is 0 Å². The molecule has 0 aromatic heterocycles. The zero-order valence-electron chi connectivity index (χ0n) is 9.01. The van der Waals surface area contributed by atoms with Crippen LogP contribution in [0.1, 0.15) is 33.1 Å². The maximum absolute atomic E-state index is 11.3. The Balaban J connectivity index is 3.41. The van der Waals surface area contributed by atoms with Crippen LogP contribution in [0.5, 0.6) is 0 Å². The molecule has 0 fully saturated rings. The van der Waals surface area contributed by atoms with E-state index >= 15 is 0 Å². The largest absolute Gasteiger partial charge is 0.382 e. The van der Waals surface area contributed by atoms with Crippen molar-refractivity contribution in [3.8, 4) is 12.3 Å². The molecule has 3 nitrogen and oxygen atoms in total. The quantitative estimate of drug-likeness (QED) is 0.494. The van der Waals surface area contributed by atoms with Gasteiger partial charge in [-0.15, -0.1) is 12.3 Å². The smallest absolute Gasteiger partial charge is 0.220 e. The van der Waals surface area contributed by atoms with E-state index in [1.807, 2.05) is 13.8 Å². The molecule has 0 bridgehead atoms. The summed E-state index contributed by atoms with van der Waals surface area (Å²) in [5, 5.41) is 2.82. The molecule has 80 valence electrons. The van der Waals surface area contributed by atoms with Gasteiger partial charge < -0.3 is 10.1 Å². The maximum atomic E-state index is 11.3. The second-order valence-corrected chi connectivity index (χ2v) is 3.18. The van der Waals surface area contributed by atoms with E-state index in [0.717, 1.165) is 6.42 Å². The van der Waals surface area contributed by atoms with E-state index in [1.54, 1.807) is 0 Å². The van der Waals surface area contributed by atoms with Gasteiger partial charge in [0.15, 0.2) is 0 Å². The number of hydrogen-bond acceptors (Lipinski definition) is 2. The Kier molecular flexibility index (Phi) is 7.96. The number of terminal acetylenes is 1. The van der Waals surface area contributed by atoms with Gasteiger partial charge in [-0.3, -0.25) is 4.79 Å². The second-order valence-electron chi connectivity index (χ2n) is 3.18. The number of carbonyl (C=O) groups is 1. The Morgan fingerprint density at radius 3 is 2.93 bits per heavy atom. The average Bonchev–Trinajstić information content (AvgIpc) is 2.13. The van der Waals surface area contributed by atoms with Gasteiger partial charge in [0, 0.05) is 32.1 Å². The molecule has 3 heteroatoms. The van der Waals surface area contributed by atoms with Crippen molar-refractivity contribution < 1.29 is 9.53 Å². The zero-order valence-corrected chi connectivity index (χ0v) is 9.01. The summed E-state index contributed by atoms with van der Waals surface area (Å²) in [6.45, 7) is 5.19. The molecule has 0 radical (unpaired) electrons. The lowest BCUT2D eigenvalue weighted by Gasteiger charge is -2.10. The first-order valence-electron chi connectivity index (χ1n) is 5.01. The van der Waals surface area contributed by atoms with Crippen molar-refractivity contribution in [3.05, 3.63) is 0 Å². The van der Waals surface area contributed by atoms with Crippen molar-refractivity contribution >= 4 is 5.91 Å². The molecule has 0 saturated heterocycles. The minimum absolute atomic E-state index is 0.0486. The number of hydrogen-bond donors (Lipinski definition) is 1. The third-order valence-corrected chi connectivity index (χ3v) is 1.73. The predicted molar refractivity (Wildman–Crippen MR) is 56.8 cm³/mol. The van der Waals surface area contributed by atoms with Crippen LogP contribution in [0.15, 0.2) is 0 Å². The van der Waals surface area contributed by atoms with Crippen molar-refractivity contribution in [2.45, 2.75) is 39.2 Å². The van der Waals surface area contributed by atoms with E-state index in [4.69, 9.17) is 11.2 Å². The minimum atomic E-state index is 0.0486. The number of ether oxygens (including phenoxy) is 1. The topological polar surface area (TPSA) is 38.3 Å². The summed E-state index contributed by atoms with van der Waals surface area (Å²) in [6, 6.07) is 0.0691. The van der Waals surface area contributed by atoms with Crippen LogP contribution >= 0.6 is 0 Å². The molecule has 0 heterocycles. The molecule has 0 rings (SSSR count). The van der Waals surface area contributed by atoms with Gasteiger partial charge in [-0.25, -0.2) is 0 Å². The summed E-state index contributed by atoms with van der Waals surface area (Å²) in [5.41, 5.74) is 0. The van der Waals surface area contributed by atoms with Gasteiger partial charge >= 0.3 is 0 Å². The van der Waals surface area contributed by atoms with Crippen LogP contribution in [-0.4, -0.2) is 25.2 Å². The van der Waals surface area contributed by atoms with Crippen LogP contribution in [0.2, 0.25) is 0 Å². The van der Waals surface area contributed by atoms with Crippen molar-refractivity contribution in [2.75, 3.05) is 13.2 Å². The highest BCUT2D eigenvalue weighted by atomic mass is 16.5. The van der Waals surface area contributed by atoms with E-state index in [9.17, 15) is 4.79 Å². The van der Waals surface area contributed by atoms with Crippen molar-refractivity contribution in [2.24, 2.45) is 0 Å². The fourth-order valence-electron chi connectivity index (χ4n) is 1.05. The van der Waals surface area contributed by atoms with Gasteiger partial charge in [0.25, 0.3) is 0 Å². The first-order valence-corrected chi connectivity index (χ1v) is 5.01. The summed E-state index contributed by atoms with van der Waals surface area (Å²) in [5.74, 6) is 2.56. The summed E-state index contributed by atoms with van der Waals surface area (Å²) >= 11 is 0. The van der Waals surface area contributed by atoms with Gasteiger partial charge in [-0.1, -0.05) is 0 Å². The molecule has 0 aliphatic carbocycles. The van der Waals surface area contributed by atoms with Crippen molar-refractivity contribution in [1.82, 2.24) is 5.32 Å². The van der Waals surface area contributed by atoms with Gasteiger partial charge in [0.05, 0.1) is 0 Å². The lowest BCUT2D eigenvalue weighted by molar-refractivity contribution is -0.122. The molecule has 0 aromatic rings. The SMILES string of the molecule is C#CCC(C)NC(=O)CCCOCC. The Hall–Kier alpha value is -1.01. The highest BCUT2D eigenvalue weighted by Gasteiger charge is 2.05. The van der Waals surface area contributed by atoms with E-state index in [-0.39, 0.29) is 11.9 Å². The second kappa shape index (κ2) is 8.58. The number of amides is 1. The predicted octanol–water partition coefficient (Wildman–Crippen LogP) is 1.33. The fourth-order valence-corrected chi connectivity index (χ4v) is 1.05. The first kappa shape index (κ1) is 13.0. The van der Waals surface area contributed by atoms with Crippen LogP contribution < -0.4 is 5.32 Å². The first-order chi connectivity index (χ1) is 6.70.